The lowest BCUT2D eigenvalue weighted by atomic mass is 10.2. The van der Waals surface area contributed by atoms with Gasteiger partial charge in [0, 0.05) is 39.4 Å². The lowest BCUT2D eigenvalue weighted by Crippen LogP contribution is -2.50. The molecule has 1 N–H and O–H groups in total. The van der Waals surface area contributed by atoms with E-state index < -0.39 is 10.0 Å². The molecular weight excluding hydrogens is 280 g/mol. The predicted molar refractivity (Wildman–Crippen MR) is 76.1 cm³/mol. The van der Waals surface area contributed by atoms with Gasteiger partial charge in [0.15, 0.2) is 0 Å². The Kier molecular flexibility index (Phi) is 4.24. The highest BCUT2D eigenvalue weighted by molar-refractivity contribution is 7.88. The molecule has 1 aliphatic heterocycles. The summed E-state index contributed by atoms with van der Waals surface area (Å²) in [5.74, 6) is 0.402. The average molecular weight is 298 g/mol. The van der Waals surface area contributed by atoms with Gasteiger partial charge >= 0.3 is 0 Å². The van der Waals surface area contributed by atoms with E-state index in [1.807, 2.05) is 0 Å². The minimum Gasteiger partial charge on any atom is -0.372 e. The van der Waals surface area contributed by atoms with Crippen molar-refractivity contribution in [1.82, 2.24) is 14.2 Å². The van der Waals surface area contributed by atoms with Crippen LogP contribution in [-0.2, 0) is 10.0 Å². The Labute approximate surface area is 118 Å². The number of hydrogen-bond donors (Lipinski definition) is 1. The maximum absolute atomic E-state index is 12.4. The van der Waals surface area contributed by atoms with Crippen molar-refractivity contribution in [3.63, 3.8) is 0 Å². The molecule has 20 heavy (non-hydrogen) atoms. The normalized spacial score (nSPS) is 17.0. The number of anilines is 1. The van der Waals surface area contributed by atoms with E-state index >= 15 is 0 Å². The summed E-state index contributed by atoms with van der Waals surface area (Å²) in [6, 6.07) is 3.42. The fourth-order valence-electron chi connectivity index (χ4n) is 2.17. The van der Waals surface area contributed by atoms with Gasteiger partial charge in [-0.25, -0.2) is 13.4 Å². The highest BCUT2D eigenvalue weighted by Crippen LogP contribution is 2.15. The molecule has 0 aromatic carbocycles. The number of pyridine rings is 1. The molecule has 0 unspecified atom stereocenters. The Morgan fingerprint density at radius 2 is 1.95 bits per heavy atom. The molecule has 1 amide bonds. The number of hydrogen-bond acceptors (Lipinski definition) is 5. The molecule has 1 aromatic heterocycles. The average Bonchev–Trinajstić information content (AvgIpc) is 2.45. The summed E-state index contributed by atoms with van der Waals surface area (Å²) in [5.41, 5.74) is 0.503. The van der Waals surface area contributed by atoms with Crippen LogP contribution in [0, 0.1) is 0 Å². The number of nitrogens with one attached hydrogen (secondary N) is 1. The van der Waals surface area contributed by atoms with Crippen LogP contribution in [0.3, 0.4) is 0 Å². The van der Waals surface area contributed by atoms with E-state index in [9.17, 15) is 13.2 Å². The molecule has 1 saturated heterocycles. The fourth-order valence-corrected chi connectivity index (χ4v) is 3.00. The van der Waals surface area contributed by atoms with Gasteiger partial charge in [0.25, 0.3) is 5.91 Å². The highest BCUT2D eigenvalue weighted by Gasteiger charge is 2.27. The van der Waals surface area contributed by atoms with Crippen molar-refractivity contribution in [2.75, 3.05) is 44.8 Å². The molecule has 7 nitrogen and oxygen atoms in total. The second kappa shape index (κ2) is 5.76. The first-order chi connectivity index (χ1) is 9.43. The van der Waals surface area contributed by atoms with Crippen molar-refractivity contribution in [2.45, 2.75) is 0 Å². The van der Waals surface area contributed by atoms with Gasteiger partial charge in [-0.05, 0) is 12.1 Å². The molecule has 1 fully saturated rings. The lowest BCUT2D eigenvalue weighted by molar-refractivity contribution is 0.0699. The van der Waals surface area contributed by atoms with E-state index in [-0.39, 0.29) is 5.91 Å². The second-order valence-electron chi connectivity index (χ2n) is 4.60. The zero-order valence-electron chi connectivity index (χ0n) is 11.5. The third kappa shape index (κ3) is 3.07. The molecule has 1 aromatic rings. The van der Waals surface area contributed by atoms with Gasteiger partial charge in [0.05, 0.1) is 11.8 Å². The van der Waals surface area contributed by atoms with Crippen molar-refractivity contribution in [3.8, 4) is 0 Å². The number of sulfonamides is 1. The third-order valence-corrected chi connectivity index (χ3v) is 4.57. The number of carbonyl (C=O) groups excluding carboxylic acids is 1. The predicted octanol–water partition coefficient (Wildman–Crippen LogP) is -0.159. The van der Waals surface area contributed by atoms with Crippen molar-refractivity contribution in [2.24, 2.45) is 0 Å². The standard InChI is InChI=1S/C12H18N4O3S/c1-13-11-10(4-3-5-14-11)12(17)15-6-8-16(9-7-15)20(2,18)19/h3-5H,6-9H2,1-2H3,(H,13,14). The zero-order chi connectivity index (χ0) is 14.8. The number of carbonyl (C=O) groups is 1. The molecular formula is C12H18N4O3S. The number of piperazine rings is 1. The number of nitrogens with zero attached hydrogens (tertiary/aromatic N) is 3. The van der Waals surface area contributed by atoms with Crippen molar-refractivity contribution in [1.29, 1.82) is 0 Å². The molecule has 0 bridgehead atoms. The van der Waals surface area contributed by atoms with Gasteiger partial charge in [-0.15, -0.1) is 0 Å². The van der Waals surface area contributed by atoms with Gasteiger partial charge in [0.2, 0.25) is 10.0 Å². The monoisotopic (exact) mass is 298 g/mol. The van der Waals surface area contributed by atoms with Crippen LogP contribution in [0.5, 0.6) is 0 Å². The largest absolute Gasteiger partial charge is 0.372 e. The molecule has 1 aliphatic rings. The van der Waals surface area contributed by atoms with Crippen LogP contribution in [-0.4, -0.2) is 68.0 Å². The van der Waals surface area contributed by atoms with Crippen LogP contribution < -0.4 is 5.32 Å². The van der Waals surface area contributed by atoms with Gasteiger partial charge in [-0.1, -0.05) is 0 Å². The van der Waals surface area contributed by atoms with Crippen LogP contribution >= 0.6 is 0 Å². The maximum Gasteiger partial charge on any atom is 0.257 e. The van der Waals surface area contributed by atoms with E-state index in [0.29, 0.717) is 37.6 Å². The number of rotatable bonds is 3. The van der Waals surface area contributed by atoms with Crippen LogP contribution in [0.25, 0.3) is 0 Å². The van der Waals surface area contributed by atoms with Crippen molar-refractivity contribution < 1.29 is 13.2 Å². The first-order valence-electron chi connectivity index (χ1n) is 6.30. The molecule has 110 valence electrons. The molecule has 8 heteroatoms. The lowest BCUT2D eigenvalue weighted by Gasteiger charge is -2.33. The summed E-state index contributed by atoms with van der Waals surface area (Å²) < 4.78 is 24.3. The van der Waals surface area contributed by atoms with Gasteiger partial charge in [-0.3, -0.25) is 4.79 Å². The summed E-state index contributed by atoms with van der Waals surface area (Å²) in [6.45, 7) is 1.45. The summed E-state index contributed by atoms with van der Waals surface area (Å²) >= 11 is 0. The summed E-state index contributed by atoms with van der Waals surface area (Å²) in [6.07, 6.45) is 2.80. The third-order valence-electron chi connectivity index (χ3n) is 3.27. The summed E-state index contributed by atoms with van der Waals surface area (Å²) in [5, 5.41) is 2.88. The van der Waals surface area contributed by atoms with E-state index in [4.69, 9.17) is 0 Å². The first-order valence-corrected chi connectivity index (χ1v) is 8.15. The van der Waals surface area contributed by atoms with E-state index in [2.05, 4.69) is 10.3 Å². The Bertz CT molecular complexity index is 594. The van der Waals surface area contributed by atoms with E-state index in [1.54, 1.807) is 30.3 Å². The number of aromatic nitrogens is 1. The number of amides is 1. The Hall–Kier alpha value is -1.67. The van der Waals surface area contributed by atoms with Crippen LogP contribution in [0.1, 0.15) is 10.4 Å². The van der Waals surface area contributed by atoms with Gasteiger partial charge < -0.3 is 10.2 Å². The minimum atomic E-state index is -3.18. The van der Waals surface area contributed by atoms with Crippen LogP contribution in [0.2, 0.25) is 0 Å². The molecule has 2 heterocycles. The minimum absolute atomic E-state index is 0.129. The van der Waals surface area contributed by atoms with Crippen molar-refractivity contribution >= 4 is 21.7 Å². The SMILES string of the molecule is CNc1ncccc1C(=O)N1CCN(S(C)(=O)=O)CC1. The maximum atomic E-state index is 12.4. The Balaban J connectivity index is 2.09. The molecule has 0 aliphatic carbocycles. The summed E-state index contributed by atoms with van der Waals surface area (Å²) in [7, 11) is -1.47. The first kappa shape index (κ1) is 14.7. The van der Waals surface area contributed by atoms with Crippen LogP contribution in [0.4, 0.5) is 5.82 Å². The molecule has 0 saturated carbocycles. The highest BCUT2D eigenvalue weighted by atomic mass is 32.2. The molecule has 0 radical (unpaired) electrons. The molecule has 0 atom stereocenters. The van der Waals surface area contributed by atoms with E-state index in [1.165, 1.54) is 10.6 Å². The second-order valence-corrected chi connectivity index (χ2v) is 6.59. The van der Waals surface area contributed by atoms with Crippen molar-refractivity contribution in [3.05, 3.63) is 23.9 Å². The topological polar surface area (TPSA) is 82.6 Å². The Morgan fingerprint density at radius 3 is 2.50 bits per heavy atom. The Morgan fingerprint density at radius 1 is 1.30 bits per heavy atom. The quantitative estimate of drug-likeness (QED) is 0.838. The zero-order valence-corrected chi connectivity index (χ0v) is 12.4. The molecule has 2 rings (SSSR count). The van der Waals surface area contributed by atoms with Gasteiger partial charge in [-0.2, -0.15) is 4.31 Å². The fraction of sp³-hybridized carbons (Fsp3) is 0.500. The van der Waals surface area contributed by atoms with E-state index in [0.717, 1.165) is 0 Å². The summed E-state index contributed by atoms with van der Waals surface area (Å²) in [4.78, 5) is 18.2. The van der Waals surface area contributed by atoms with Crippen LogP contribution in [0.15, 0.2) is 18.3 Å². The smallest absolute Gasteiger partial charge is 0.257 e. The molecule has 0 spiro atoms. The van der Waals surface area contributed by atoms with Gasteiger partial charge in [0.1, 0.15) is 5.82 Å².